The van der Waals surface area contributed by atoms with Crippen LogP contribution in [-0.2, 0) is 36.8 Å². The van der Waals surface area contributed by atoms with Crippen molar-refractivity contribution in [2.75, 3.05) is 32.8 Å². The third kappa shape index (κ3) is 15.3. The number of rotatable bonds is 22. The summed E-state index contributed by atoms with van der Waals surface area (Å²) in [6.07, 6.45) is 1.90. The van der Waals surface area contributed by atoms with Gasteiger partial charge in [0.1, 0.15) is 18.1 Å². The van der Waals surface area contributed by atoms with Gasteiger partial charge in [0.25, 0.3) is 0 Å². The predicted molar refractivity (Wildman–Crippen MR) is 200 cm³/mol. The van der Waals surface area contributed by atoms with E-state index >= 15 is 0 Å². The molecule has 0 unspecified atom stereocenters. The van der Waals surface area contributed by atoms with Crippen molar-refractivity contribution in [1.82, 2.24) is 26.2 Å². The molecule has 0 saturated carbocycles. The van der Waals surface area contributed by atoms with E-state index in [0.717, 1.165) is 11.1 Å². The maximum absolute atomic E-state index is 14.0. The summed E-state index contributed by atoms with van der Waals surface area (Å²) in [7, 11) is 0. The molecule has 2 aromatic carbocycles. The average molecular weight is 739 g/mol. The number of amides is 4. The van der Waals surface area contributed by atoms with Crippen LogP contribution in [0, 0.1) is 11.8 Å². The standard InChI is InChI=1S/C39H58N6O8/c1-26(2)21-33(44-37(50)34(23-28-13-7-4-8-14-28)43-35(48)31(40)22-27-11-5-3-6-12-27)36(49)42-32(15-9-10-18-41-24-30(47)25-46)38(51)45-19-16-29(17-20-45)39(52)53/h3-8,11-14,26,29-34,41,46-47H,9-10,15-25,40H2,1-2H3,(H,42,49)(H,43,48)(H,44,50)(H,52,53)/t30-,31+,32+,33+,34+/m0/s1. The van der Waals surface area contributed by atoms with Crippen LogP contribution in [0.5, 0.6) is 0 Å². The number of piperidine rings is 1. The lowest BCUT2D eigenvalue weighted by atomic mass is 9.96. The first-order valence-corrected chi connectivity index (χ1v) is 18.6. The molecular formula is C39H58N6O8. The highest BCUT2D eigenvalue weighted by Gasteiger charge is 2.34. The van der Waals surface area contributed by atoms with Gasteiger partial charge in [-0.1, -0.05) is 74.5 Å². The smallest absolute Gasteiger partial charge is 0.306 e. The topological polar surface area (TPSA) is 223 Å². The number of carboxylic acid groups (broad SMARTS) is 1. The van der Waals surface area contributed by atoms with Crippen molar-refractivity contribution in [2.24, 2.45) is 17.6 Å². The van der Waals surface area contributed by atoms with Gasteiger partial charge < -0.3 is 47.2 Å². The molecule has 4 amide bonds. The number of unbranched alkanes of at least 4 members (excludes halogenated alkanes) is 1. The summed E-state index contributed by atoms with van der Waals surface area (Å²) in [5.74, 6) is -3.37. The van der Waals surface area contributed by atoms with Crippen LogP contribution in [0.4, 0.5) is 0 Å². The summed E-state index contributed by atoms with van der Waals surface area (Å²) < 4.78 is 0. The van der Waals surface area contributed by atoms with Crippen LogP contribution < -0.4 is 27.0 Å². The van der Waals surface area contributed by atoms with Crippen molar-refractivity contribution in [1.29, 1.82) is 0 Å². The minimum absolute atomic E-state index is 0.0166. The SMILES string of the molecule is CC(C)C[C@@H](NC(=O)[C@@H](Cc1ccccc1)NC(=O)[C@H](N)Cc1ccccc1)C(=O)N[C@H](CCCCNC[C@H](O)CO)C(=O)N1CCC(C(=O)O)CC1. The summed E-state index contributed by atoms with van der Waals surface area (Å²) in [5.41, 5.74) is 7.94. The maximum Gasteiger partial charge on any atom is 0.306 e. The predicted octanol–water partition coefficient (Wildman–Crippen LogP) is 0.736. The van der Waals surface area contributed by atoms with Gasteiger partial charge in [-0.25, -0.2) is 0 Å². The summed E-state index contributed by atoms with van der Waals surface area (Å²) in [4.78, 5) is 68.1. The average Bonchev–Trinajstić information content (AvgIpc) is 3.15. The lowest BCUT2D eigenvalue weighted by Gasteiger charge is -2.34. The molecule has 292 valence electrons. The number of carbonyl (C=O) groups is 5. The normalized spacial score (nSPS) is 16.2. The van der Waals surface area contributed by atoms with Crippen LogP contribution in [-0.4, -0.2) is 113 Å². The van der Waals surface area contributed by atoms with Crippen LogP contribution in [0.3, 0.4) is 0 Å². The summed E-state index contributed by atoms with van der Waals surface area (Å²) in [5, 5.41) is 39.6. The number of nitrogens with one attached hydrogen (secondary N) is 4. The zero-order valence-electron chi connectivity index (χ0n) is 30.9. The van der Waals surface area contributed by atoms with Gasteiger partial charge in [0.2, 0.25) is 23.6 Å². The highest BCUT2D eigenvalue weighted by atomic mass is 16.4. The van der Waals surface area contributed by atoms with Gasteiger partial charge >= 0.3 is 5.97 Å². The Hall–Kier alpha value is -4.37. The van der Waals surface area contributed by atoms with Crippen LogP contribution in [0.2, 0.25) is 0 Å². The number of aliphatic hydroxyl groups excluding tert-OH is 2. The van der Waals surface area contributed by atoms with E-state index in [0.29, 0.717) is 38.6 Å². The number of nitrogens with two attached hydrogens (primary N) is 1. The second-order valence-electron chi connectivity index (χ2n) is 14.3. The van der Waals surface area contributed by atoms with Crippen LogP contribution in [0.25, 0.3) is 0 Å². The largest absolute Gasteiger partial charge is 0.481 e. The minimum Gasteiger partial charge on any atom is -0.481 e. The quantitative estimate of drug-likeness (QED) is 0.0792. The molecule has 1 saturated heterocycles. The lowest BCUT2D eigenvalue weighted by molar-refractivity contribution is -0.146. The molecule has 1 aliphatic heterocycles. The van der Waals surface area contributed by atoms with E-state index in [-0.39, 0.29) is 57.3 Å². The molecule has 53 heavy (non-hydrogen) atoms. The second kappa shape index (κ2) is 22.6. The van der Waals surface area contributed by atoms with Gasteiger partial charge in [0, 0.05) is 26.1 Å². The molecule has 5 atom stereocenters. The monoisotopic (exact) mass is 738 g/mol. The Kier molecular flexibility index (Phi) is 18.4. The molecule has 0 radical (unpaired) electrons. The van der Waals surface area contributed by atoms with E-state index in [1.54, 1.807) is 4.90 Å². The molecule has 0 bridgehead atoms. The zero-order valence-corrected chi connectivity index (χ0v) is 30.9. The van der Waals surface area contributed by atoms with Crippen LogP contribution in [0.15, 0.2) is 60.7 Å². The van der Waals surface area contributed by atoms with E-state index in [1.807, 2.05) is 74.5 Å². The van der Waals surface area contributed by atoms with Crippen molar-refractivity contribution in [3.8, 4) is 0 Å². The fourth-order valence-electron chi connectivity index (χ4n) is 6.30. The molecule has 14 heteroatoms. The number of benzene rings is 2. The second-order valence-corrected chi connectivity index (χ2v) is 14.3. The molecule has 0 aromatic heterocycles. The molecular weight excluding hydrogens is 680 g/mol. The molecule has 9 N–H and O–H groups in total. The number of hydrogen-bond donors (Lipinski definition) is 8. The van der Waals surface area contributed by atoms with E-state index in [9.17, 15) is 34.2 Å². The van der Waals surface area contributed by atoms with Gasteiger partial charge in [0.15, 0.2) is 0 Å². The third-order valence-corrected chi connectivity index (χ3v) is 9.35. The van der Waals surface area contributed by atoms with Crippen LogP contribution >= 0.6 is 0 Å². The molecule has 0 aliphatic carbocycles. The fourth-order valence-corrected chi connectivity index (χ4v) is 6.30. The fraction of sp³-hybridized carbons (Fsp3) is 0.564. The van der Waals surface area contributed by atoms with E-state index in [1.165, 1.54) is 0 Å². The van der Waals surface area contributed by atoms with Crippen molar-refractivity contribution < 1.29 is 39.3 Å². The Morgan fingerprint density at radius 3 is 1.91 bits per heavy atom. The molecule has 0 spiro atoms. The lowest BCUT2D eigenvalue weighted by Crippen LogP contribution is -2.59. The summed E-state index contributed by atoms with van der Waals surface area (Å²) >= 11 is 0. The Balaban J connectivity index is 1.75. The number of nitrogens with zero attached hydrogens (tertiary/aromatic N) is 1. The van der Waals surface area contributed by atoms with Gasteiger partial charge in [-0.15, -0.1) is 0 Å². The zero-order chi connectivity index (χ0) is 38.8. The highest BCUT2D eigenvalue weighted by Crippen LogP contribution is 2.19. The summed E-state index contributed by atoms with van der Waals surface area (Å²) in [6, 6.07) is 14.6. The van der Waals surface area contributed by atoms with E-state index in [2.05, 4.69) is 21.3 Å². The van der Waals surface area contributed by atoms with E-state index < -0.39 is 59.9 Å². The van der Waals surface area contributed by atoms with Crippen molar-refractivity contribution in [2.45, 2.75) is 95.5 Å². The molecule has 1 heterocycles. The Morgan fingerprint density at radius 1 is 0.792 bits per heavy atom. The third-order valence-electron chi connectivity index (χ3n) is 9.35. The Labute approximate surface area is 312 Å². The van der Waals surface area contributed by atoms with Gasteiger partial charge in [0.05, 0.1) is 24.7 Å². The number of aliphatic carboxylic acids is 1. The molecule has 14 nitrogen and oxygen atoms in total. The number of likely N-dealkylation sites (tertiary alicyclic amines) is 1. The minimum atomic E-state index is -1.04. The summed E-state index contributed by atoms with van der Waals surface area (Å²) in [6.45, 7) is 4.71. The molecule has 3 rings (SSSR count). The maximum atomic E-state index is 14.0. The first kappa shape index (κ1) is 43.0. The number of carboxylic acids is 1. The van der Waals surface area contributed by atoms with Gasteiger partial charge in [-0.05, 0) is 68.5 Å². The van der Waals surface area contributed by atoms with Crippen molar-refractivity contribution in [3.63, 3.8) is 0 Å². The van der Waals surface area contributed by atoms with Crippen molar-refractivity contribution >= 4 is 29.6 Å². The first-order valence-electron chi connectivity index (χ1n) is 18.6. The first-order chi connectivity index (χ1) is 25.4. The number of hydrogen-bond acceptors (Lipinski definition) is 9. The number of aliphatic hydroxyl groups is 2. The van der Waals surface area contributed by atoms with Gasteiger partial charge in [-0.3, -0.25) is 24.0 Å². The van der Waals surface area contributed by atoms with Crippen molar-refractivity contribution in [3.05, 3.63) is 71.8 Å². The Morgan fingerprint density at radius 2 is 1.34 bits per heavy atom. The molecule has 1 aliphatic rings. The van der Waals surface area contributed by atoms with Gasteiger partial charge in [-0.2, -0.15) is 0 Å². The highest BCUT2D eigenvalue weighted by molar-refractivity contribution is 5.95. The van der Waals surface area contributed by atoms with E-state index in [4.69, 9.17) is 10.8 Å². The van der Waals surface area contributed by atoms with Crippen LogP contribution in [0.1, 0.15) is 63.5 Å². The number of carbonyl (C=O) groups excluding carboxylic acids is 4. The Bertz CT molecular complexity index is 1440. The molecule has 1 fully saturated rings. The molecule has 2 aromatic rings.